The van der Waals surface area contributed by atoms with Crippen LogP contribution in [0.3, 0.4) is 0 Å². The lowest BCUT2D eigenvalue weighted by Gasteiger charge is -2.32. The Labute approximate surface area is 135 Å². The Bertz CT molecular complexity index is 593. The number of nitrogens with one attached hydrogen (secondary N) is 1. The van der Waals surface area contributed by atoms with Gasteiger partial charge in [0.15, 0.2) is 0 Å². The Morgan fingerprint density at radius 3 is 2.30 bits per heavy atom. The van der Waals surface area contributed by atoms with Crippen LogP contribution in [0.1, 0.15) is 56.1 Å². The molecule has 0 amide bonds. The molecule has 1 aromatic rings. The van der Waals surface area contributed by atoms with Crippen LogP contribution in [0.4, 0.5) is 0 Å². The van der Waals surface area contributed by atoms with Crippen LogP contribution in [-0.2, 0) is 18.8 Å². The Hall–Kier alpha value is -1.80. The zero-order valence-corrected chi connectivity index (χ0v) is 14.0. The molecule has 126 valence electrons. The van der Waals surface area contributed by atoms with Crippen LogP contribution in [-0.4, -0.2) is 47.5 Å². The fourth-order valence-electron chi connectivity index (χ4n) is 2.45. The molecule has 7 nitrogen and oxygen atoms in total. The van der Waals surface area contributed by atoms with Gasteiger partial charge >= 0.3 is 19.1 Å². The number of H-pyrrole nitrogens is 1. The summed E-state index contributed by atoms with van der Waals surface area (Å²) in [5.41, 5.74) is -0.307. The number of aromatic amines is 1. The fourth-order valence-corrected chi connectivity index (χ4v) is 2.45. The fraction of sp³-hybridized carbons (Fsp3) is 0.600. The first kappa shape index (κ1) is 17.6. The highest BCUT2D eigenvalue weighted by Crippen LogP contribution is 2.41. The van der Waals surface area contributed by atoms with Crippen molar-refractivity contribution >= 4 is 19.1 Å². The molecule has 2 heterocycles. The number of carboxylic acid groups (broad SMARTS) is 1. The van der Waals surface area contributed by atoms with Crippen molar-refractivity contribution in [2.24, 2.45) is 0 Å². The Morgan fingerprint density at radius 2 is 1.83 bits per heavy atom. The summed E-state index contributed by atoms with van der Waals surface area (Å²) in [7, 11) is 0.562. The molecule has 0 saturated carbocycles. The molecule has 1 fully saturated rings. The van der Waals surface area contributed by atoms with E-state index in [0.29, 0.717) is 5.69 Å². The van der Waals surface area contributed by atoms with E-state index in [1.54, 1.807) is 12.1 Å². The van der Waals surface area contributed by atoms with Crippen molar-refractivity contribution in [3.63, 3.8) is 0 Å². The zero-order valence-electron chi connectivity index (χ0n) is 14.0. The van der Waals surface area contributed by atoms with Gasteiger partial charge in [-0.3, -0.25) is 4.79 Å². The molecule has 0 bridgehead atoms. The minimum absolute atomic E-state index is 0.183. The van der Waals surface area contributed by atoms with Crippen LogP contribution in [0, 0.1) is 0 Å². The first-order valence-electron chi connectivity index (χ1n) is 7.42. The molecule has 0 aromatic carbocycles. The van der Waals surface area contributed by atoms with E-state index in [1.165, 1.54) is 7.11 Å². The van der Waals surface area contributed by atoms with Crippen molar-refractivity contribution < 1.29 is 28.7 Å². The van der Waals surface area contributed by atoms with Crippen LogP contribution < -0.4 is 0 Å². The van der Waals surface area contributed by atoms with E-state index >= 15 is 0 Å². The third-order valence-corrected chi connectivity index (χ3v) is 4.51. The first-order valence-corrected chi connectivity index (χ1v) is 7.42. The van der Waals surface area contributed by atoms with Gasteiger partial charge in [0.25, 0.3) is 0 Å². The monoisotopic (exact) mass is 323 g/mol. The second-order valence-corrected chi connectivity index (χ2v) is 6.65. The van der Waals surface area contributed by atoms with Gasteiger partial charge < -0.3 is 24.1 Å². The van der Waals surface area contributed by atoms with Crippen molar-refractivity contribution in [1.82, 2.24) is 4.98 Å². The number of carboxylic acids is 1. The molecule has 23 heavy (non-hydrogen) atoms. The predicted molar refractivity (Wildman–Crippen MR) is 83.2 cm³/mol. The smallest absolute Gasteiger partial charge is 0.467 e. The molecule has 1 aliphatic heterocycles. The molecule has 0 aliphatic carbocycles. The van der Waals surface area contributed by atoms with E-state index in [1.807, 2.05) is 27.7 Å². The molecular formula is C15H22BNO6. The number of rotatable bonds is 5. The maximum absolute atomic E-state index is 11.6. The lowest BCUT2D eigenvalue weighted by Crippen LogP contribution is -2.41. The van der Waals surface area contributed by atoms with Gasteiger partial charge in [0, 0.05) is 11.5 Å². The highest BCUT2D eigenvalue weighted by atomic mass is 16.7. The molecule has 1 aliphatic rings. The number of esters is 1. The maximum Gasteiger partial charge on any atom is 0.467 e. The van der Waals surface area contributed by atoms with Gasteiger partial charge in [-0.2, -0.15) is 0 Å². The quantitative estimate of drug-likeness (QED) is 0.635. The molecular weight excluding hydrogens is 301 g/mol. The maximum atomic E-state index is 11.6. The molecule has 2 rings (SSSR count). The minimum Gasteiger partial charge on any atom is -0.481 e. The number of hydrogen-bond acceptors (Lipinski definition) is 5. The number of hydrogen-bond donors (Lipinski definition) is 2. The van der Waals surface area contributed by atoms with E-state index in [-0.39, 0.29) is 12.1 Å². The average Bonchev–Trinajstić information content (AvgIpc) is 2.98. The summed E-state index contributed by atoms with van der Waals surface area (Å²) in [4.78, 5) is 25.7. The van der Waals surface area contributed by atoms with Gasteiger partial charge in [-0.05, 0) is 39.8 Å². The highest BCUT2D eigenvalue weighted by Gasteiger charge is 2.54. The summed E-state index contributed by atoms with van der Waals surface area (Å²) in [5, 5.41) is 9.21. The molecule has 1 saturated heterocycles. The standard InChI is InChI=1S/C15H22BNO6/c1-14(2)15(3,4)23-16(22-14)9(8-12(18)19)10-6-7-11(17-10)13(20)21-5/h6-7,9,17H,8H2,1-5H3,(H,18,19). The van der Waals surface area contributed by atoms with E-state index in [9.17, 15) is 14.7 Å². The third kappa shape index (κ3) is 3.43. The molecule has 0 spiro atoms. The Kier molecular flexibility index (Phi) is 4.59. The number of aliphatic carboxylic acids is 1. The normalized spacial score (nSPS) is 20.3. The predicted octanol–water partition coefficient (Wildman–Crippen LogP) is 1.99. The van der Waals surface area contributed by atoms with Crippen LogP contribution in [0.25, 0.3) is 0 Å². The molecule has 2 N–H and O–H groups in total. The van der Waals surface area contributed by atoms with Gasteiger partial charge in [-0.25, -0.2) is 4.79 Å². The summed E-state index contributed by atoms with van der Waals surface area (Å²) in [6, 6.07) is 3.21. The lowest BCUT2D eigenvalue weighted by atomic mass is 9.68. The van der Waals surface area contributed by atoms with E-state index < -0.39 is 36.1 Å². The molecule has 0 radical (unpaired) electrons. The summed E-state index contributed by atoms with van der Waals surface area (Å²) in [6.07, 6.45) is -0.183. The molecule has 1 atom stereocenters. The second kappa shape index (κ2) is 6.01. The summed E-state index contributed by atoms with van der Waals surface area (Å²) in [6.45, 7) is 7.61. The summed E-state index contributed by atoms with van der Waals surface area (Å²) in [5.74, 6) is -2.05. The summed E-state index contributed by atoms with van der Waals surface area (Å²) >= 11 is 0. The van der Waals surface area contributed by atoms with E-state index in [0.717, 1.165) is 0 Å². The van der Waals surface area contributed by atoms with Gasteiger partial charge in [0.05, 0.1) is 24.7 Å². The highest BCUT2D eigenvalue weighted by molar-refractivity contribution is 6.48. The average molecular weight is 323 g/mol. The van der Waals surface area contributed by atoms with E-state index in [2.05, 4.69) is 9.72 Å². The van der Waals surface area contributed by atoms with E-state index in [4.69, 9.17) is 9.31 Å². The van der Waals surface area contributed by atoms with Crippen LogP contribution >= 0.6 is 0 Å². The van der Waals surface area contributed by atoms with Crippen LogP contribution in [0.2, 0.25) is 0 Å². The topological polar surface area (TPSA) is 97.9 Å². The number of methoxy groups -OCH3 is 1. The molecule has 1 unspecified atom stereocenters. The zero-order chi connectivity index (χ0) is 17.4. The van der Waals surface area contributed by atoms with Gasteiger partial charge in [0.2, 0.25) is 0 Å². The Balaban J connectivity index is 2.30. The van der Waals surface area contributed by atoms with Crippen molar-refractivity contribution in [3.8, 4) is 0 Å². The van der Waals surface area contributed by atoms with Crippen molar-refractivity contribution in [1.29, 1.82) is 0 Å². The van der Waals surface area contributed by atoms with Crippen molar-refractivity contribution in [2.45, 2.75) is 51.1 Å². The van der Waals surface area contributed by atoms with Gasteiger partial charge in [-0.15, -0.1) is 0 Å². The second-order valence-electron chi connectivity index (χ2n) is 6.65. The largest absolute Gasteiger partial charge is 0.481 e. The van der Waals surface area contributed by atoms with Crippen molar-refractivity contribution in [3.05, 3.63) is 23.5 Å². The number of carbonyl (C=O) groups is 2. The molecule has 1 aromatic heterocycles. The third-order valence-electron chi connectivity index (χ3n) is 4.51. The SMILES string of the molecule is COC(=O)c1ccc(C(CC(=O)O)B2OC(C)(C)C(C)(C)O2)[nH]1. The molecule has 8 heteroatoms. The first-order chi connectivity index (χ1) is 10.6. The van der Waals surface area contributed by atoms with Crippen molar-refractivity contribution in [2.75, 3.05) is 7.11 Å². The lowest BCUT2D eigenvalue weighted by molar-refractivity contribution is -0.137. The van der Waals surface area contributed by atoms with Crippen LogP contribution in [0.15, 0.2) is 12.1 Å². The Morgan fingerprint density at radius 1 is 1.26 bits per heavy atom. The summed E-state index contributed by atoms with van der Waals surface area (Å²) < 4.78 is 16.6. The minimum atomic E-state index is -0.973. The van der Waals surface area contributed by atoms with Gasteiger partial charge in [-0.1, -0.05) is 0 Å². The van der Waals surface area contributed by atoms with Crippen LogP contribution in [0.5, 0.6) is 0 Å². The number of carbonyl (C=O) groups excluding carboxylic acids is 1. The number of ether oxygens (including phenoxy) is 1. The number of aromatic nitrogens is 1. The van der Waals surface area contributed by atoms with Gasteiger partial charge in [0.1, 0.15) is 5.69 Å².